The maximum Gasteiger partial charge on any atom is 0.217 e. The fourth-order valence-electron chi connectivity index (χ4n) is 2.69. The van der Waals surface area contributed by atoms with Gasteiger partial charge < -0.3 is 30.5 Å². The molecule has 1 aliphatic rings. The van der Waals surface area contributed by atoms with Crippen molar-refractivity contribution in [2.24, 2.45) is 0 Å². The Morgan fingerprint density at radius 3 is 2.45 bits per heavy atom. The second kappa shape index (κ2) is 6.72. The van der Waals surface area contributed by atoms with Crippen LogP contribution in [0.3, 0.4) is 0 Å². The molecular formula is C15H21NO6. The number of aliphatic hydroxyl groups is 4. The average molecular weight is 311 g/mol. The molecule has 22 heavy (non-hydrogen) atoms. The molecule has 5 atom stereocenters. The van der Waals surface area contributed by atoms with Crippen LogP contribution in [0.5, 0.6) is 0 Å². The van der Waals surface area contributed by atoms with Crippen LogP contribution < -0.4 is 5.32 Å². The fraction of sp³-hybridized carbons (Fsp3) is 0.533. The lowest BCUT2D eigenvalue weighted by Crippen LogP contribution is -2.70. The molecule has 1 aromatic carbocycles. The zero-order valence-corrected chi connectivity index (χ0v) is 12.2. The zero-order chi connectivity index (χ0) is 16.3. The average Bonchev–Trinajstić information content (AvgIpc) is 2.48. The third kappa shape index (κ3) is 3.45. The highest BCUT2D eigenvalue weighted by molar-refractivity contribution is 5.73. The van der Waals surface area contributed by atoms with Crippen molar-refractivity contribution in [1.29, 1.82) is 0 Å². The first-order chi connectivity index (χ1) is 10.4. The van der Waals surface area contributed by atoms with Crippen molar-refractivity contribution in [3.8, 4) is 0 Å². The van der Waals surface area contributed by atoms with Gasteiger partial charge in [-0.05, 0) is 5.56 Å². The van der Waals surface area contributed by atoms with Crippen LogP contribution in [0.4, 0.5) is 0 Å². The summed E-state index contributed by atoms with van der Waals surface area (Å²) >= 11 is 0. The van der Waals surface area contributed by atoms with Gasteiger partial charge in [0.2, 0.25) is 5.91 Å². The maximum absolute atomic E-state index is 11.3. The van der Waals surface area contributed by atoms with Crippen LogP contribution in [-0.4, -0.2) is 63.1 Å². The maximum atomic E-state index is 11.3. The van der Waals surface area contributed by atoms with E-state index in [0.29, 0.717) is 0 Å². The molecule has 5 N–H and O–H groups in total. The van der Waals surface area contributed by atoms with Gasteiger partial charge >= 0.3 is 0 Å². The van der Waals surface area contributed by atoms with Gasteiger partial charge in [0.25, 0.3) is 0 Å². The monoisotopic (exact) mass is 311 g/mol. The number of ether oxygens (including phenoxy) is 1. The zero-order valence-electron chi connectivity index (χ0n) is 12.2. The minimum absolute atomic E-state index is 0.0148. The van der Waals surface area contributed by atoms with Gasteiger partial charge in [-0.1, -0.05) is 30.3 Å². The smallest absolute Gasteiger partial charge is 0.217 e. The van der Waals surface area contributed by atoms with E-state index in [1.165, 1.54) is 6.92 Å². The standard InChI is InChI=1S/C15H21NO6/c1-9(18)16-14-13(20)12(19)11(8-17)22-15(14,21)7-10-5-3-2-4-6-10/h2-6,11-14,17,19-21H,7-8H2,1H3,(H,16,18)/t11-,12+,13+,14-,15?/m1/s1. The Morgan fingerprint density at radius 1 is 1.27 bits per heavy atom. The summed E-state index contributed by atoms with van der Waals surface area (Å²) in [4.78, 5) is 11.3. The quantitative estimate of drug-likeness (QED) is 0.463. The Hall–Kier alpha value is -1.51. The van der Waals surface area contributed by atoms with Gasteiger partial charge in [-0.3, -0.25) is 4.79 Å². The summed E-state index contributed by atoms with van der Waals surface area (Å²) in [6, 6.07) is 7.68. The molecule has 0 bridgehead atoms. The van der Waals surface area contributed by atoms with Crippen LogP contribution in [0, 0.1) is 0 Å². The number of amides is 1. The Labute approximate surface area is 128 Å². The van der Waals surface area contributed by atoms with Crippen LogP contribution >= 0.6 is 0 Å². The van der Waals surface area contributed by atoms with E-state index in [1.54, 1.807) is 24.3 Å². The molecule has 1 saturated heterocycles. The van der Waals surface area contributed by atoms with E-state index >= 15 is 0 Å². The van der Waals surface area contributed by atoms with E-state index in [9.17, 15) is 25.2 Å². The fourth-order valence-corrected chi connectivity index (χ4v) is 2.69. The first-order valence-electron chi connectivity index (χ1n) is 7.05. The second-order valence-corrected chi connectivity index (χ2v) is 5.51. The summed E-state index contributed by atoms with van der Waals surface area (Å²) < 4.78 is 5.40. The lowest BCUT2D eigenvalue weighted by Gasteiger charge is -2.47. The molecule has 1 unspecified atom stereocenters. The Balaban J connectivity index is 2.31. The van der Waals surface area contributed by atoms with E-state index in [-0.39, 0.29) is 6.42 Å². The summed E-state index contributed by atoms with van der Waals surface area (Å²) in [6.07, 6.45) is -4.05. The van der Waals surface area contributed by atoms with Crippen LogP contribution in [-0.2, 0) is 16.0 Å². The predicted octanol–water partition coefficient (Wildman–Crippen LogP) is -1.46. The van der Waals surface area contributed by atoms with Gasteiger partial charge in [0.15, 0.2) is 5.79 Å². The van der Waals surface area contributed by atoms with E-state index in [0.717, 1.165) is 5.56 Å². The minimum Gasteiger partial charge on any atom is -0.394 e. The topological polar surface area (TPSA) is 119 Å². The SMILES string of the molecule is CC(=O)N[C@@H]1[C@@H](O)[C@@H](O)[C@@H](CO)OC1(O)Cc1ccccc1. The molecule has 1 fully saturated rings. The molecule has 0 aromatic heterocycles. The summed E-state index contributed by atoms with van der Waals surface area (Å²) in [6.45, 7) is 0.669. The minimum atomic E-state index is -1.95. The van der Waals surface area contributed by atoms with Crippen molar-refractivity contribution in [2.75, 3.05) is 6.61 Å². The molecule has 1 aromatic rings. The Morgan fingerprint density at radius 2 is 1.91 bits per heavy atom. The second-order valence-electron chi connectivity index (χ2n) is 5.51. The van der Waals surface area contributed by atoms with Crippen LogP contribution in [0.15, 0.2) is 30.3 Å². The van der Waals surface area contributed by atoms with Gasteiger partial charge in [-0.2, -0.15) is 0 Å². The highest BCUT2D eigenvalue weighted by Crippen LogP contribution is 2.31. The van der Waals surface area contributed by atoms with E-state index in [4.69, 9.17) is 4.74 Å². The molecule has 1 amide bonds. The number of carbonyl (C=O) groups is 1. The molecule has 122 valence electrons. The molecule has 7 nitrogen and oxygen atoms in total. The van der Waals surface area contributed by atoms with Gasteiger partial charge in [0.05, 0.1) is 6.61 Å². The van der Waals surface area contributed by atoms with E-state index in [1.807, 2.05) is 6.07 Å². The number of benzene rings is 1. The van der Waals surface area contributed by atoms with Gasteiger partial charge in [0, 0.05) is 13.3 Å². The highest BCUT2D eigenvalue weighted by atomic mass is 16.6. The number of carbonyl (C=O) groups excluding carboxylic acids is 1. The van der Waals surface area contributed by atoms with E-state index < -0.39 is 42.7 Å². The lowest BCUT2D eigenvalue weighted by atomic mass is 9.86. The molecule has 2 rings (SSSR count). The van der Waals surface area contributed by atoms with Crippen LogP contribution in [0.25, 0.3) is 0 Å². The third-order valence-electron chi connectivity index (χ3n) is 3.75. The van der Waals surface area contributed by atoms with Crippen molar-refractivity contribution in [1.82, 2.24) is 5.32 Å². The van der Waals surface area contributed by atoms with Crippen molar-refractivity contribution >= 4 is 5.91 Å². The van der Waals surface area contributed by atoms with Crippen molar-refractivity contribution in [2.45, 2.75) is 43.5 Å². The first-order valence-corrected chi connectivity index (χ1v) is 7.05. The highest BCUT2D eigenvalue weighted by Gasteiger charge is 2.53. The molecule has 0 aliphatic carbocycles. The largest absolute Gasteiger partial charge is 0.394 e. The number of nitrogens with one attached hydrogen (secondary N) is 1. The summed E-state index contributed by atoms with van der Waals surface area (Å²) in [5, 5.41) is 42.6. The third-order valence-corrected chi connectivity index (χ3v) is 3.75. The van der Waals surface area contributed by atoms with Crippen molar-refractivity contribution in [3.63, 3.8) is 0 Å². The van der Waals surface area contributed by atoms with Crippen molar-refractivity contribution < 1.29 is 30.0 Å². The number of hydrogen-bond acceptors (Lipinski definition) is 6. The molecule has 1 aliphatic heterocycles. The lowest BCUT2D eigenvalue weighted by molar-refractivity contribution is -0.317. The van der Waals surface area contributed by atoms with E-state index in [2.05, 4.69) is 5.32 Å². The van der Waals surface area contributed by atoms with Gasteiger partial charge in [-0.15, -0.1) is 0 Å². The molecule has 7 heteroatoms. The Bertz CT molecular complexity index is 510. The van der Waals surface area contributed by atoms with Crippen molar-refractivity contribution in [3.05, 3.63) is 35.9 Å². The number of rotatable bonds is 4. The normalized spacial score (nSPS) is 35.1. The summed E-state index contributed by atoms with van der Waals surface area (Å²) in [5.74, 6) is -2.42. The van der Waals surface area contributed by atoms with Crippen LogP contribution in [0.2, 0.25) is 0 Å². The van der Waals surface area contributed by atoms with Gasteiger partial charge in [0.1, 0.15) is 24.4 Å². The van der Waals surface area contributed by atoms with Gasteiger partial charge in [-0.25, -0.2) is 0 Å². The molecule has 0 radical (unpaired) electrons. The first kappa shape index (κ1) is 16.9. The predicted molar refractivity (Wildman–Crippen MR) is 76.7 cm³/mol. The molecule has 0 saturated carbocycles. The number of hydrogen-bond donors (Lipinski definition) is 5. The number of aliphatic hydroxyl groups excluding tert-OH is 3. The molecule has 1 heterocycles. The Kier molecular flexibility index (Phi) is 5.15. The molecular weight excluding hydrogens is 290 g/mol. The summed E-state index contributed by atoms with van der Waals surface area (Å²) in [5.41, 5.74) is 0.723. The molecule has 0 spiro atoms. The summed E-state index contributed by atoms with van der Waals surface area (Å²) in [7, 11) is 0. The van der Waals surface area contributed by atoms with Crippen LogP contribution in [0.1, 0.15) is 12.5 Å².